The van der Waals surface area contributed by atoms with Gasteiger partial charge in [-0.3, -0.25) is 4.79 Å². The number of hydrogen-bond acceptors (Lipinski definition) is 4. The molecule has 0 aliphatic carbocycles. The quantitative estimate of drug-likeness (QED) is 0.814. The molecule has 94 valence electrons. The number of furan rings is 1. The zero-order valence-electron chi connectivity index (χ0n) is 10.3. The van der Waals surface area contributed by atoms with E-state index in [4.69, 9.17) is 10.2 Å². The molecule has 1 aliphatic heterocycles. The van der Waals surface area contributed by atoms with Crippen LogP contribution in [0.25, 0.3) is 0 Å². The molecule has 0 radical (unpaired) electrons. The summed E-state index contributed by atoms with van der Waals surface area (Å²) in [5.74, 6) is 1.00. The highest BCUT2D eigenvalue weighted by atomic mass is 16.4. The van der Waals surface area contributed by atoms with Crippen LogP contribution < -0.4 is 5.73 Å². The van der Waals surface area contributed by atoms with E-state index in [0.717, 1.165) is 19.6 Å². The summed E-state index contributed by atoms with van der Waals surface area (Å²) in [4.78, 5) is 16.3. The molecule has 0 spiro atoms. The van der Waals surface area contributed by atoms with Crippen LogP contribution in [0.5, 0.6) is 0 Å². The van der Waals surface area contributed by atoms with Crippen LogP contribution in [0, 0.1) is 0 Å². The van der Waals surface area contributed by atoms with Crippen LogP contribution in [-0.4, -0.2) is 48.4 Å². The van der Waals surface area contributed by atoms with E-state index in [2.05, 4.69) is 18.9 Å². The number of amides is 1. The van der Waals surface area contributed by atoms with E-state index in [-0.39, 0.29) is 11.9 Å². The minimum atomic E-state index is -0.0368. The zero-order valence-corrected chi connectivity index (χ0v) is 10.3. The number of carbonyl (C=O) groups is 1. The molecule has 1 fully saturated rings. The Bertz CT molecular complexity index is 402. The number of piperazine rings is 1. The van der Waals surface area contributed by atoms with E-state index >= 15 is 0 Å². The largest absolute Gasteiger partial charge is 0.455 e. The van der Waals surface area contributed by atoms with Crippen molar-refractivity contribution in [3.05, 3.63) is 23.7 Å². The standard InChI is InChI=1S/C12H19N3O2/c1-9-8-14(2)5-6-15(9)12(16)11-4-3-10(7-13)17-11/h3-4,9H,5-8,13H2,1-2H3. The molecule has 5 heteroatoms. The Morgan fingerprint density at radius 3 is 2.88 bits per heavy atom. The lowest BCUT2D eigenvalue weighted by Crippen LogP contribution is -2.52. The molecule has 1 aromatic rings. The summed E-state index contributed by atoms with van der Waals surface area (Å²) in [6.45, 7) is 4.93. The summed E-state index contributed by atoms with van der Waals surface area (Å²) < 4.78 is 5.39. The first-order chi connectivity index (χ1) is 8.11. The lowest BCUT2D eigenvalue weighted by molar-refractivity contribution is 0.0501. The van der Waals surface area contributed by atoms with Crippen LogP contribution in [0.15, 0.2) is 16.5 Å². The first-order valence-corrected chi connectivity index (χ1v) is 5.90. The third-order valence-corrected chi connectivity index (χ3v) is 3.17. The van der Waals surface area contributed by atoms with Crippen molar-refractivity contribution in [3.8, 4) is 0 Å². The van der Waals surface area contributed by atoms with Gasteiger partial charge in [-0.15, -0.1) is 0 Å². The van der Waals surface area contributed by atoms with Crippen molar-refractivity contribution < 1.29 is 9.21 Å². The Labute approximate surface area is 101 Å². The Kier molecular flexibility index (Phi) is 3.49. The molecule has 1 aliphatic rings. The van der Waals surface area contributed by atoms with E-state index in [9.17, 15) is 4.79 Å². The number of nitrogens with two attached hydrogens (primary N) is 1. The van der Waals surface area contributed by atoms with Crippen molar-refractivity contribution in [3.63, 3.8) is 0 Å². The molecule has 1 saturated heterocycles. The molecule has 2 heterocycles. The van der Waals surface area contributed by atoms with Crippen molar-refractivity contribution in [2.24, 2.45) is 5.73 Å². The van der Waals surface area contributed by atoms with Gasteiger partial charge in [0, 0.05) is 25.7 Å². The van der Waals surface area contributed by atoms with Gasteiger partial charge in [0.2, 0.25) is 0 Å². The van der Waals surface area contributed by atoms with Crippen molar-refractivity contribution in [1.82, 2.24) is 9.80 Å². The molecule has 2 rings (SSSR count). The van der Waals surface area contributed by atoms with Gasteiger partial charge in [0.05, 0.1) is 6.54 Å². The van der Waals surface area contributed by atoms with Crippen molar-refractivity contribution in [2.75, 3.05) is 26.7 Å². The first kappa shape index (κ1) is 12.1. The molecule has 1 aromatic heterocycles. The van der Waals surface area contributed by atoms with Crippen LogP contribution in [0.4, 0.5) is 0 Å². The van der Waals surface area contributed by atoms with Crippen molar-refractivity contribution in [1.29, 1.82) is 0 Å². The summed E-state index contributed by atoms with van der Waals surface area (Å²) in [6.07, 6.45) is 0. The Hall–Kier alpha value is -1.33. The Balaban J connectivity index is 2.09. The fourth-order valence-electron chi connectivity index (χ4n) is 2.19. The maximum atomic E-state index is 12.2. The fraction of sp³-hybridized carbons (Fsp3) is 0.583. The highest BCUT2D eigenvalue weighted by molar-refractivity contribution is 5.91. The van der Waals surface area contributed by atoms with E-state index < -0.39 is 0 Å². The van der Waals surface area contributed by atoms with Crippen LogP contribution >= 0.6 is 0 Å². The highest BCUT2D eigenvalue weighted by Gasteiger charge is 2.28. The monoisotopic (exact) mass is 237 g/mol. The van der Waals surface area contributed by atoms with Gasteiger partial charge in [0.15, 0.2) is 5.76 Å². The molecule has 1 atom stereocenters. The van der Waals surface area contributed by atoms with Crippen LogP contribution in [-0.2, 0) is 6.54 Å². The van der Waals surface area contributed by atoms with Gasteiger partial charge < -0.3 is 20.0 Å². The fourth-order valence-corrected chi connectivity index (χ4v) is 2.19. The molecule has 0 bridgehead atoms. The van der Waals surface area contributed by atoms with Gasteiger partial charge in [-0.05, 0) is 26.1 Å². The van der Waals surface area contributed by atoms with Crippen LogP contribution in [0.1, 0.15) is 23.2 Å². The molecule has 2 N–H and O–H groups in total. The van der Waals surface area contributed by atoms with Crippen LogP contribution in [0.2, 0.25) is 0 Å². The number of carbonyl (C=O) groups excluding carboxylic acids is 1. The SMILES string of the molecule is CC1CN(C)CCN1C(=O)c1ccc(CN)o1. The summed E-state index contributed by atoms with van der Waals surface area (Å²) in [5.41, 5.74) is 5.46. The molecular weight excluding hydrogens is 218 g/mol. The van der Waals surface area contributed by atoms with Gasteiger partial charge in [0.25, 0.3) is 5.91 Å². The highest BCUT2D eigenvalue weighted by Crippen LogP contribution is 2.15. The number of likely N-dealkylation sites (N-methyl/N-ethyl adjacent to an activating group) is 1. The third kappa shape index (κ3) is 2.50. The van der Waals surface area contributed by atoms with E-state index in [0.29, 0.717) is 18.1 Å². The average Bonchev–Trinajstić information content (AvgIpc) is 2.76. The summed E-state index contributed by atoms with van der Waals surface area (Å²) in [5, 5.41) is 0. The summed E-state index contributed by atoms with van der Waals surface area (Å²) in [7, 11) is 2.07. The van der Waals surface area contributed by atoms with E-state index in [1.165, 1.54) is 0 Å². The predicted octanol–water partition coefficient (Wildman–Crippen LogP) is 0.514. The molecule has 1 unspecified atom stereocenters. The van der Waals surface area contributed by atoms with E-state index in [1.54, 1.807) is 12.1 Å². The Morgan fingerprint density at radius 2 is 2.29 bits per heavy atom. The summed E-state index contributed by atoms with van der Waals surface area (Å²) >= 11 is 0. The third-order valence-electron chi connectivity index (χ3n) is 3.17. The van der Waals surface area contributed by atoms with Gasteiger partial charge in [-0.25, -0.2) is 0 Å². The molecule has 5 nitrogen and oxygen atoms in total. The van der Waals surface area contributed by atoms with Crippen molar-refractivity contribution >= 4 is 5.91 Å². The second-order valence-electron chi connectivity index (χ2n) is 4.58. The molecule has 0 aromatic carbocycles. The maximum absolute atomic E-state index is 12.2. The molecule has 0 saturated carbocycles. The summed E-state index contributed by atoms with van der Waals surface area (Å²) in [6, 6.07) is 3.68. The zero-order chi connectivity index (χ0) is 12.4. The van der Waals surface area contributed by atoms with Gasteiger partial charge in [0.1, 0.15) is 5.76 Å². The predicted molar refractivity (Wildman–Crippen MR) is 64.6 cm³/mol. The van der Waals surface area contributed by atoms with E-state index in [1.807, 2.05) is 4.90 Å². The number of hydrogen-bond donors (Lipinski definition) is 1. The Morgan fingerprint density at radius 1 is 1.53 bits per heavy atom. The topological polar surface area (TPSA) is 62.7 Å². The van der Waals surface area contributed by atoms with Gasteiger partial charge >= 0.3 is 0 Å². The first-order valence-electron chi connectivity index (χ1n) is 5.90. The molecule has 1 amide bonds. The number of rotatable bonds is 2. The smallest absolute Gasteiger partial charge is 0.289 e. The maximum Gasteiger partial charge on any atom is 0.289 e. The minimum absolute atomic E-state index is 0.0368. The second kappa shape index (κ2) is 4.89. The lowest BCUT2D eigenvalue weighted by Gasteiger charge is -2.37. The second-order valence-corrected chi connectivity index (χ2v) is 4.58. The normalized spacial score (nSPS) is 21.8. The molecule has 17 heavy (non-hydrogen) atoms. The van der Waals surface area contributed by atoms with Gasteiger partial charge in [-0.1, -0.05) is 0 Å². The van der Waals surface area contributed by atoms with Crippen molar-refractivity contribution in [2.45, 2.75) is 19.5 Å². The average molecular weight is 237 g/mol. The van der Waals surface area contributed by atoms with Gasteiger partial charge in [-0.2, -0.15) is 0 Å². The molecular formula is C12H19N3O2. The lowest BCUT2D eigenvalue weighted by atomic mass is 10.2. The number of nitrogens with zero attached hydrogens (tertiary/aromatic N) is 2. The van der Waals surface area contributed by atoms with Crippen LogP contribution in [0.3, 0.4) is 0 Å². The minimum Gasteiger partial charge on any atom is -0.455 e.